The number of benzene rings is 1. The van der Waals surface area contributed by atoms with E-state index >= 15 is 0 Å². The number of aromatic amines is 1. The fourth-order valence-electron chi connectivity index (χ4n) is 3.10. The molecule has 1 saturated carbocycles. The summed E-state index contributed by atoms with van der Waals surface area (Å²) in [6.07, 6.45) is 5.06. The lowest BCUT2D eigenvalue weighted by Crippen LogP contribution is -2.37. The Bertz CT molecular complexity index is 656. The summed E-state index contributed by atoms with van der Waals surface area (Å²) in [6.45, 7) is 2.43. The number of rotatable bonds is 4. The molecular formula is C16H19N3O2. The van der Waals surface area contributed by atoms with E-state index in [2.05, 4.69) is 15.1 Å². The van der Waals surface area contributed by atoms with Gasteiger partial charge in [-0.2, -0.15) is 5.10 Å². The molecule has 21 heavy (non-hydrogen) atoms. The average molecular weight is 285 g/mol. The monoisotopic (exact) mass is 285 g/mol. The molecule has 1 atom stereocenters. The van der Waals surface area contributed by atoms with Crippen molar-refractivity contribution in [2.75, 3.05) is 19.8 Å². The van der Waals surface area contributed by atoms with Crippen LogP contribution in [0, 0.1) is 5.92 Å². The minimum absolute atomic E-state index is 0.136. The number of nitrogens with zero attached hydrogens (tertiary/aromatic N) is 2. The molecule has 1 saturated heterocycles. The van der Waals surface area contributed by atoms with Crippen LogP contribution in [-0.4, -0.2) is 46.8 Å². The Balaban J connectivity index is 1.62. The van der Waals surface area contributed by atoms with Crippen molar-refractivity contribution in [3.63, 3.8) is 0 Å². The quantitative estimate of drug-likeness (QED) is 0.937. The first-order valence-electron chi connectivity index (χ1n) is 7.64. The molecule has 1 aliphatic heterocycles. The SMILES string of the molecule is O=C(c1cccc2[nH]ncc12)N(C[C@H]1CCOC1)C1CC1. The smallest absolute Gasteiger partial charge is 0.254 e. The molecule has 1 N–H and O–H groups in total. The van der Waals surface area contributed by atoms with Crippen molar-refractivity contribution in [2.45, 2.75) is 25.3 Å². The predicted molar refractivity (Wildman–Crippen MR) is 79.1 cm³/mol. The van der Waals surface area contributed by atoms with Crippen molar-refractivity contribution >= 4 is 16.8 Å². The standard InChI is InChI=1S/C16H19N3O2/c20-16(13-2-1-3-15-14(13)8-17-18-15)19(12-4-5-12)9-11-6-7-21-10-11/h1-3,8,11-12H,4-7,9-10H2,(H,17,18)/t11-/m1/s1. The van der Waals surface area contributed by atoms with Crippen molar-refractivity contribution < 1.29 is 9.53 Å². The lowest BCUT2D eigenvalue weighted by molar-refractivity contribution is 0.0708. The second-order valence-electron chi connectivity index (χ2n) is 6.06. The fraction of sp³-hybridized carbons (Fsp3) is 0.500. The molecule has 2 aliphatic rings. The van der Waals surface area contributed by atoms with E-state index in [4.69, 9.17) is 4.74 Å². The minimum atomic E-state index is 0.136. The van der Waals surface area contributed by atoms with Gasteiger partial charge in [0.2, 0.25) is 0 Å². The largest absolute Gasteiger partial charge is 0.381 e. The van der Waals surface area contributed by atoms with Gasteiger partial charge < -0.3 is 9.64 Å². The van der Waals surface area contributed by atoms with E-state index in [1.54, 1.807) is 6.20 Å². The molecule has 0 radical (unpaired) electrons. The molecule has 0 bridgehead atoms. The molecule has 0 spiro atoms. The van der Waals surface area contributed by atoms with Gasteiger partial charge in [0.1, 0.15) is 0 Å². The zero-order valence-electron chi connectivity index (χ0n) is 11.9. The highest BCUT2D eigenvalue weighted by atomic mass is 16.5. The topological polar surface area (TPSA) is 58.2 Å². The first kappa shape index (κ1) is 12.8. The number of hydrogen-bond donors (Lipinski definition) is 1. The molecule has 5 nitrogen and oxygen atoms in total. The molecule has 0 unspecified atom stereocenters. The van der Waals surface area contributed by atoms with Crippen LogP contribution in [0.25, 0.3) is 10.9 Å². The molecule has 1 aromatic heterocycles. The van der Waals surface area contributed by atoms with Gasteiger partial charge in [0.05, 0.1) is 23.9 Å². The van der Waals surface area contributed by atoms with Crippen LogP contribution in [0.2, 0.25) is 0 Å². The average Bonchev–Trinajstić information content (AvgIpc) is 3.02. The van der Waals surface area contributed by atoms with E-state index in [9.17, 15) is 4.79 Å². The van der Waals surface area contributed by atoms with Gasteiger partial charge in [0.15, 0.2) is 0 Å². The van der Waals surface area contributed by atoms with E-state index in [1.807, 2.05) is 18.2 Å². The summed E-state index contributed by atoms with van der Waals surface area (Å²) in [4.78, 5) is 15.0. The number of hydrogen-bond acceptors (Lipinski definition) is 3. The maximum Gasteiger partial charge on any atom is 0.254 e. The molecule has 1 aliphatic carbocycles. The molecule has 2 heterocycles. The maximum absolute atomic E-state index is 13.0. The number of aromatic nitrogens is 2. The van der Waals surface area contributed by atoms with Crippen molar-refractivity contribution in [3.8, 4) is 0 Å². The van der Waals surface area contributed by atoms with Gasteiger partial charge in [0, 0.05) is 30.5 Å². The second kappa shape index (κ2) is 5.15. The summed E-state index contributed by atoms with van der Waals surface area (Å²) in [5.74, 6) is 0.620. The second-order valence-corrected chi connectivity index (χ2v) is 6.06. The third-order valence-electron chi connectivity index (χ3n) is 4.44. The minimum Gasteiger partial charge on any atom is -0.381 e. The summed E-state index contributed by atoms with van der Waals surface area (Å²) >= 11 is 0. The van der Waals surface area contributed by atoms with Crippen molar-refractivity contribution in [3.05, 3.63) is 30.0 Å². The lowest BCUT2D eigenvalue weighted by Gasteiger charge is -2.25. The molecule has 1 aromatic carbocycles. The Hall–Kier alpha value is -1.88. The van der Waals surface area contributed by atoms with Gasteiger partial charge in [-0.3, -0.25) is 9.89 Å². The number of ether oxygens (including phenoxy) is 1. The van der Waals surface area contributed by atoms with E-state index in [0.29, 0.717) is 12.0 Å². The van der Waals surface area contributed by atoms with E-state index < -0.39 is 0 Å². The Kier molecular flexibility index (Phi) is 3.15. The normalized spacial score (nSPS) is 21.8. The number of fused-ring (bicyclic) bond motifs is 1. The molecule has 2 aromatic rings. The predicted octanol–water partition coefficient (Wildman–Crippen LogP) is 2.20. The van der Waals surface area contributed by atoms with Gasteiger partial charge in [-0.05, 0) is 31.4 Å². The Morgan fingerprint density at radius 1 is 1.38 bits per heavy atom. The number of carbonyl (C=O) groups excluding carboxylic acids is 1. The molecule has 110 valence electrons. The number of carbonyl (C=O) groups is 1. The zero-order chi connectivity index (χ0) is 14.2. The van der Waals surface area contributed by atoms with Crippen LogP contribution in [0.5, 0.6) is 0 Å². The zero-order valence-corrected chi connectivity index (χ0v) is 11.9. The summed E-state index contributed by atoms with van der Waals surface area (Å²) in [5.41, 5.74) is 1.67. The van der Waals surface area contributed by atoms with Gasteiger partial charge >= 0.3 is 0 Å². The Morgan fingerprint density at radius 3 is 3.05 bits per heavy atom. The number of nitrogens with one attached hydrogen (secondary N) is 1. The molecular weight excluding hydrogens is 266 g/mol. The van der Waals surface area contributed by atoms with Crippen LogP contribution in [-0.2, 0) is 4.74 Å². The van der Waals surface area contributed by atoms with E-state index in [0.717, 1.165) is 55.5 Å². The van der Waals surface area contributed by atoms with Crippen LogP contribution < -0.4 is 0 Å². The fourth-order valence-corrected chi connectivity index (χ4v) is 3.10. The number of amides is 1. The summed E-state index contributed by atoms with van der Waals surface area (Å²) in [6, 6.07) is 6.18. The number of H-pyrrole nitrogens is 1. The highest BCUT2D eigenvalue weighted by Crippen LogP contribution is 2.31. The highest BCUT2D eigenvalue weighted by Gasteiger charge is 2.35. The van der Waals surface area contributed by atoms with Crippen LogP contribution in [0.3, 0.4) is 0 Å². The van der Waals surface area contributed by atoms with Crippen molar-refractivity contribution in [1.29, 1.82) is 0 Å². The van der Waals surface area contributed by atoms with Crippen LogP contribution in [0.15, 0.2) is 24.4 Å². The van der Waals surface area contributed by atoms with Gasteiger partial charge in [-0.15, -0.1) is 0 Å². The summed E-state index contributed by atoms with van der Waals surface area (Å²) < 4.78 is 5.45. The van der Waals surface area contributed by atoms with E-state index in [1.165, 1.54) is 0 Å². The van der Waals surface area contributed by atoms with Crippen molar-refractivity contribution in [2.24, 2.45) is 5.92 Å². The summed E-state index contributed by atoms with van der Waals surface area (Å²) in [7, 11) is 0. The van der Waals surface area contributed by atoms with Gasteiger partial charge in [-0.25, -0.2) is 0 Å². The molecule has 2 fully saturated rings. The third-order valence-corrected chi connectivity index (χ3v) is 4.44. The first-order valence-corrected chi connectivity index (χ1v) is 7.64. The Labute approximate surface area is 123 Å². The van der Waals surface area contributed by atoms with Crippen molar-refractivity contribution in [1.82, 2.24) is 15.1 Å². The maximum atomic E-state index is 13.0. The van der Waals surface area contributed by atoms with Gasteiger partial charge in [-0.1, -0.05) is 6.07 Å². The lowest BCUT2D eigenvalue weighted by atomic mass is 10.1. The van der Waals surface area contributed by atoms with Crippen LogP contribution >= 0.6 is 0 Å². The molecule has 1 amide bonds. The van der Waals surface area contributed by atoms with Crippen LogP contribution in [0.4, 0.5) is 0 Å². The van der Waals surface area contributed by atoms with Gasteiger partial charge in [0.25, 0.3) is 5.91 Å². The molecule has 4 rings (SSSR count). The molecule has 5 heteroatoms. The summed E-state index contributed by atoms with van der Waals surface area (Å²) in [5, 5.41) is 7.90. The first-order chi connectivity index (χ1) is 10.3. The Morgan fingerprint density at radius 2 is 2.29 bits per heavy atom. The highest BCUT2D eigenvalue weighted by molar-refractivity contribution is 6.06. The van der Waals surface area contributed by atoms with E-state index in [-0.39, 0.29) is 5.91 Å². The third kappa shape index (κ3) is 2.42. The van der Waals surface area contributed by atoms with Crippen LogP contribution in [0.1, 0.15) is 29.6 Å².